The Balaban J connectivity index is 2.36. The summed E-state index contributed by atoms with van der Waals surface area (Å²) in [6.07, 6.45) is 2.60. The van der Waals surface area contributed by atoms with Crippen molar-refractivity contribution in [1.82, 2.24) is 10.6 Å². The molecule has 2 heteroatoms. The van der Waals surface area contributed by atoms with Gasteiger partial charge in [0.05, 0.1) is 0 Å². The van der Waals surface area contributed by atoms with Gasteiger partial charge in [0.1, 0.15) is 0 Å². The lowest BCUT2D eigenvalue weighted by Crippen LogP contribution is -2.59. The van der Waals surface area contributed by atoms with Crippen LogP contribution in [-0.2, 0) is 0 Å². The fourth-order valence-electron chi connectivity index (χ4n) is 2.98. The van der Waals surface area contributed by atoms with Crippen molar-refractivity contribution in [2.75, 3.05) is 6.54 Å². The monoisotopic (exact) mass is 226 g/mol. The molecule has 1 heterocycles. The number of nitrogens with one attached hydrogen (secondary N) is 2. The first kappa shape index (κ1) is 14.0. The van der Waals surface area contributed by atoms with Gasteiger partial charge in [-0.3, -0.25) is 0 Å². The lowest BCUT2D eigenvalue weighted by molar-refractivity contribution is 0.224. The molecule has 4 atom stereocenters. The van der Waals surface area contributed by atoms with Gasteiger partial charge in [-0.1, -0.05) is 27.7 Å². The zero-order chi connectivity index (χ0) is 12.3. The maximum absolute atomic E-state index is 3.67. The van der Waals surface area contributed by atoms with Gasteiger partial charge in [0.25, 0.3) is 0 Å². The zero-order valence-electron chi connectivity index (χ0n) is 11.9. The van der Waals surface area contributed by atoms with Crippen LogP contribution in [0, 0.1) is 11.3 Å². The van der Waals surface area contributed by atoms with Gasteiger partial charge in [0.2, 0.25) is 0 Å². The average molecular weight is 226 g/mol. The summed E-state index contributed by atoms with van der Waals surface area (Å²) in [5.41, 5.74) is 0.456. The van der Waals surface area contributed by atoms with E-state index >= 15 is 0 Å². The van der Waals surface area contributed by atoms with E-state index in [0.717, 1.165) is 12.5 Å². The van der Waals surface area contributed by atoms with E-state index in [-0.39, 0.29) is 0 Å². The Morgan fingerprint density at radius 2 is 1.88 bits per heavy atom. The molecule has 16 heavy (non-hydrogen) atoms. The normalized spacial score (nSPS) is 33.8. The minimum absolute atomic E-state index is 0.456. The van der Waals surface area contributed by atoms with Gasteiger partial charge in [0, 0.05) is 24.7 Å². The fourth-order valence-corrected chi connectivity index (χ4v) is 2.98. The van der Waals surface area contributed by atoms with Gasteiger partial charge < -0.3 is 10.6 Å². The second kappa shape index (κ2) is 5.50. The molecule has 0 aromatic heterocycles. The maximum atomic E-state index is 3.67. The van der Waals surface area contributed by atoms with Gasteiger partial charge in [-0.05, 0) is 38.0 Å². The van der Waals surface area contributed by atoms with E-state index in [1.54, 1.807) is 0 Å². The largest absolute Gasteiger partial charge is 0.311 e. The zero-order valence-corrected chi connectivity index (χ0v) is 11.9. The lowest BCUT2D eigenvalue weighted by Gasteiger charge is -2.37. The molecule has 96 valence electrons. The van der Waals surface area contributed by atoms with Gasteiger partial charge in [-0.15, -0.1) is 0 Å². The molecule has 0 aromatic rings. The Morgan fingerprint density at radius 3 is 2.38 bits per heavy atom. The van der Waals surface area contributed by atoms with E-state index in [0.29, 0.717) is 23.5 Å². The number of hydrogen-bond acceptors (Lipinski definition) is 2. The molecule has 1 aliphatic rings. The Kier molecular flexibility index (Phi) is 4.81. The molecule has 0 bridgehead atoms. The fraction of sp³-hybridized carbons (Fsp3) is 1.00. The molecule has 1 fully saturated rings. The number of rotatable bonds is 3. The molecule has 0 spiro atoms. The van der Waals surface area contributed by atoms with Crippen LogP contribution < -0.4 is 10.6 Å². The van der Waals surface area contributed by atoms with Crippen molar-refractivity contribution in [3.05, 3.63) is 0 Å². The van der Waals surface area contributed by atoms with Crippen molar-refractivity contribution >= 4 is 0 Å². The highest BCUT2D eigenvalue weighted by Crippen LogP contribution is 2.27. The minimum atomic E-state index is 0.456. The first-order valence-electron chi connectivity index (χ1n) is 6.77. The molecule has 0 saturated carbocycles. The summed E-state index contributed by atoms with van der Waals surface area (Å²) in [6.45, 7) is 15.1. The predicted octanol–water partition coefficient (Wildman–Crippen LogP) is 2.79. The van der Waals surface area contributed by atoms with Crippen LogP contribution in [0.5, 0.6) is 0 Å². The summed E-state index contributed by atoms with van der Waals surface area (Å²) in [5.74, 6) is 0.801. The van der Waals surface area contributed by atoms with Crippen molar-refractivity contribution < 1.29 is 0 Å². The minimum Gasteiger partial charge on any atom is -0.311 e. The number of hydrogen-bond donors (Lipinski definition) is 2. The average Bonchev–Trinajstić information content (AvgIpc) is 2.06. The molecular formula is C14H30N2. The molecule has 2 nitrogen and oxygen atoms in total. The van der Waals surface area contributed by atoms with Crippen molar-refractivity contribution in [3.63, 3.8) is 0 Å². The molecule has 0 aromatic carbocycles. The third-order valence-electron chi connectivity index (χ3n) is 3.45. The molecule has 1 aliphatic heterocycles. The lowest BCUT2D eigenvalue weighted by atomic mass is 9.81. The molecule has 4 unspecified atom stereocenters. The highest BCUT2D eigenvalue weighted by atomic mass is 15.1. The Bertz CT molecular complexity index is 207. The molecule has 0 aliphatic carbocycles. The summed E-state index contributed by atoms with van der Waals surface area (Å²) in [4.78, 5) is 0. The Hall–Kier alpha value is -0.0800. The van der Waals surface area contributed by atoms with Crippen LogP contribution in [0.25, 0.3) is 0 Å². The highest BCUT2D eigenvalue weighted by molar-refractivity contribution is 4.88. The summed E-state index contributed by atoms with van der Waals surface area (Å²) < 4.78 is 0. The van der Waals surface area contributed by atoms with E-state index in [2.05, 4.69) is 52.2 Å². The topological polar surface area (TPSA) is 24.1 Å². The van der Waals surface area contributed by atoms with Gasteiger partial charge in [0.15, 0.2) is 0 Å². The first-order valence-corrected chi connectivity index (χ1v) is 6.77. The standard InChI is InChI=1S/C14H30N2/c1-10(8-14(4,5)6)7-13-12(3)16-11(2)9-15-13/h10-13,15-16H,7-9H2,1-6H3. The quantitative estimate of drug-likeness (QED) is 0.773. The van der Waals surface area contributed by atoms with Crippen LogP contribution >= 0.6 is 0 Å². The van der Waals surface area contributed by atoms with E-state index in [1.165, 1.54) is 12.8 Å². The third kappa shape index (κ3) is 4.84. The SMILES string of the molecule is CC(CC1NCC(C)NC1C)CC(C)(C)C. The van der Waals surface area contributed by atoms with Crippen molar-refractivity contribution in [1.29, 1.82) is 0 Å². The van der Waals surface area contributed by atoms with Crippen LogP contribution in [0.4, 0.5) is 0 Å². The summed E-state index contributed by atoms with van der Waals surface area (Å²) in [5, 5.41) is 7.31. The molecule has 0 amide bonds. The molecule has 1 saturated heterocycles. The van der Waals surface area contributed by atoms with E-state index in [1.807, 2.05) is 0 Å². The second-order valence-corrected chi connectivity index (χ2v) is 6.98. The molecule has 2 N–H and O–H groups in total. The van der Waals surface area contributed by atoms with Gasteiger partial charge >= 0.3 is 0 Å². The van der Waals surface area contributed by atoms with Crippen LogP contribution in [0.1, 0.15) is 54.4 Å². The molecule has 1 rings (SSSR count). The van der Waals surface area contributed by atoms with Gasteiger partial charge in [-0.25, -0.2) is 0 Å². The van der Waals surface area contributed by atoms with Crippen LogP contribution in [-0.4, -0.2) is 24.7 Å². The van der Waals surface area contributed by atoms with Crippen molar-refractivity contribution in [2.45, 2.75) is 72.5 Å². The third-order valence-corrected chi connectivity index (χ3v) is 3.45. The van der Waals surface area contributed by atoms with Crippen molar-refractivity contribution in [3.8, 4) is 0 Å². The van der Waals surface area contributed by atoms with Crippen LogP contribution in [0.15, 0.2) is 0 Å². The number of piperazine rings is 1. The smallest absolute Gasteiger partial charge is 0.0221 e. The van der Waals surface area contributed by atoms with E-state index in [9.17, 15) is 0 Å². The summed E-state index contributed by atoms with van der Waals surface area (Å²) >= 11 is 0. The van der Waals surface area contributed by atoms with Gasteiger partial charge in [-0.2, -0.15) is 0 Å². The summed E-state index contributed by atoms with van der Waals surface area (Å²) in [6, 6.07) is 1.86. The van der Waals surface area contributed by atoms with Crippen LogP contribution in [0.3, 0.4) is 0 Å². The predicted molar refractivity (Wildman–Crippen MR) is 71.7 cm³/mol. The second-order valence-electron chi connectivity index (χ2n) is 6.98. The summed E-state index contributed by atoms with van der Waals surface area (Å²) in [7, 11) is 0. The molecule has 0 radical (unpaired) electrons. The highest BCUT2D eigenvalue weighted by Gasteiger charge is 2.26. The van der Waals surface area contributed by atoms with Crippen LogP contribution in [0.2, 0.25) is 0 Å². The Morgan fingerprint density at radius 1 is 1.25 bits per heavy atom. The first-order chi connectivity index (χ1) is 7.28. The maximum Gasteiger partial charge on any atom is 0.0221 e. The van der Waals surface area contributed by atoms with E-state index < -0.39 is 0 Å². The van der Waals surface area contributed by atoms with E-state index in [4.69, 9.17) is 0 Å². The van der Waals surface area contributed by atoms with Crippen molar-refractivity contribution in [2.24, 2.45) is 11.3 Å². The Labute approximate surface area is 102 Å². The molecular weight excluding hydrogens is 196 g/mol.